The Kier molecular flexibility index (Phi) is 2.77. The molecule has 1 heterocycles. The Bertz CT molecular complexity index is 321. The zero-order valence-electron chi connectivity index (χ0n) is 8.42. The van der Waals surface area contributed by atoms with E-state index in [9.17, 15) is 0 Å². The summed E-state index contributed by atoms with van der Waals surface area (Å²) in [6, 6.07) is 11.0. The number of benzene rings is 1. The van der Waals surface area contributed by atoms with Gasteiger partial charge in [0.25, 0.3) is 0 Å². The van der Waals surface area contributed by atoms with Crippen LogP contribution in [-0.2, 0) is 0 Å². The van der Waals surface area contributed by atoms with Gasteiger partial charge in [-0.15, -0.1) is 0 Å². The van der Waals surface area contributed by atoms with E-state index in [1.54, 1.807) is 11.9 Å². The normalized spacial score (nSPS) is 20.8. The Morgan fingerprint density at radius 3 is 2.64 bits per heavy atom. The maximum atomic E-state index is 4.26. The van der Waals surface area contributed by atoms with Crippen molar-refractivity contribution in [2.24, 2.45) is 4.40 Å². The molecular weight excluding hydrogens is 192 g/mol. The summed E-state index contributed by atoms with van der Waals surface area (Å²) in [6.07, 6.45) is 1.94. The topological polar surface area (TPSA) is 15.6 Å². The highest BCUT2D eigenvalue weighted by molar-refractivity contribution is 7.98. The second-order valence-corrected chi connectivity index (χ2v) is 4.50. The molecule has 2 rings (SSSR count). The summed E-state index contributed by atoms with van der Waals surface area (Å²) in [4.78, 5) is 2.28. The number of hydrogen-bond acceptors (Lipinski definition) is 3. The van der Waals surface area contributed by atoms with Gasteiger partial charge in [0, 0.05) is 18.0 Å². The van der Waals surface area contributed by atoms with Crippen LogP contribution in [0.5, 0.6) is 0 Å². The van der Waals surface area contributed by atoms with Crippen molar-refractivity contribution in [1.29, 1.82) is 0 Å². The predicted octanol–water partition coefficient (Wildman–Crippen LogP) is 3.09. The lowest BCUT2D eigenvalue weighted by atomic mass is 10.2. The van der Waals surface area contributed by atoms with Gasteiger partial charge in [0.15, 0.2) is 0 Å². The van der Waals surface area contributed by atoms with Crippen molar-refractivity contribution in [3.8, 4) is 0 Å². The van der Waals surface area contributed by atoms with E-state index >= 15 is 0 Å². The molecule has 0 spiro atoms. The van der Waals surface area contributed by atoms with Gasteiger partial charge in [-0.1, -0.05) is 30.3 Å². The van der Waals surface area contributed by atoms with Gasteiger partial charge in [0.1, 0.15) is 11.7 Å². The minimum Gasteiger partial charge on any atom is -0.342 e. The smallest absolute Gasteiger partial charge is 0.123 e. The molecule has 1 aliphatic rings. The molecule has 2 nitrogen and oxygen atoms in total. The molecule has 0 bridgehead atoms. The molecule has 0 amide bonds. The van der Waals surface area contributed by atoms with Crippen LogP contribution < -0.4 is 0 Å². The van der Waals surface area contributed by atoms with Crippen molar-refractivity contribution in [2.75, 3.05) is 0 Å². The second kappa shape index (κ2) is 4.05. The summed E-state index contributed by atoms with van der Waals surface area (Å²) < 4.78 is 4.26. The molecule has 1 aromatic rings. The van der Waals surface area contributed by atoms with Crippen LogP contribution in [-0.4, -0.2) is 17.3 Å². The third kappa shape index (κ3) is 1.77. The molecule has 0 saturated carbocycles. The van der Waals surface area contributed by atoms with E-state index in [0.29, 0.717) is 11.4 Å². The molecule has 3 heteroatoms. The molecule has 1 unspecified atom stereocenters. The van der Waals surface area contributed by atoms with Crippen LogP contribution in [0.1, 0.15) is 24.8 Å². The Labute approximate surface area is 89.2 Å². The van der Waals surface area contributed by atoms with E-state index in [1.165, 1.54) is 5.56 Å². The molecule has 14 heavy (non-hydrogen) atoms. The van der Waals surface area contributed by atoms with Gasteiger partial charge in [-0.25, -0.2) is 4.40 Å². The van der Waals surface area contributed by atoms with Crippen molar-refractivity contribution in [2.45, 2.75) is 25.3 Å². The fourth-order valence-corrected chi connectivity index (χ4v) is 2.47. The summed E-state index contributed by atoms with van der Waals surface area (Å²) in [5.41, 5.74) is 1.32. The number of hydrogen-bond donors (Lipinski definition) is 0. The van der Waals surface area contributed by atoms with Gasteiger partial charge in [0.05, 0.1) is 0 Å². The van der Waals surface area contributed by atoms with Crippen LogP contribution in [0.25, 0.3) is 0 Å². The van der Waals surface area contributed by atoms with E-state index in [4.69, 9.17) is 0 Å². The van der Waals surface area contributed by atoms with Gasteiger partial charge >= 0.3 is 0 Å². The van der Waals surface area contributed by atoms with Crippen LogP contribution in [0.2, 0.25) is 0 Å². The van der Waals surface area contributed by atoms with E-state index < -0.39 is 0 Å². The Morgan fingerprint density at radius 2 is 2.00 bits per heavy atom. The lowest BCUT2D eigenvalue weighted by molar-refractivity contribution is 0.352. The molecule has 1 aliphatic heterocycles. The number of rotatable bonds is 2. The first-order chi connectivity index (χ1) is 6.79. The monoisotopic (exact) mass is 206 g/mol. The lowest BCUT2D eigenvalue weighted by Gasteiger charge is -2.26. The average Bonchev–Trinajstić information content (AvgIpc) is 2.67. The zero-order valence-corrected chi connectivity index (χ0v) is 9.24. The molecule has 0 fully saturated rings. The highest BCUT2D eigenvalue weighted by Gasteiger charge is 2.24. The molecule has 0 N–H and O–H groups in total. The summed E-state index contributed by atoms with van der Waals surface area (Å²) in [7, 11) is 0. The Hall–Kier alpha value is -0.960. The first kappa shape index (κ1) is 9.59. The first-order valence-electron chi connectivity index (χ1n) is 4.81. The van der Waals surface area contributed by atoms with Crippen LogP contribution in [0, 0.1) is 0 Å². The standard InChI is InChI=1S/C11H14N2S/c1-9(2)13-8-12-14-11(13)10-6-4-3-5-7-10/h3-9,11H,1-2H3. The Morgan fingerprint density at radius 1 is 1.29 bits per heavy atom. The summed E-state index contributed by atoms with van der Waals surface area (Å²) in [5.74, 6) is 0. The minimum absolute atomic E-state index is 0.358. The molecule has 1 aromatic carbocycles. The molecule has 74 valence electrons. The van der Waals surface area contributed by atoms with Gasteiger partial charge in [-0.05, 0) is 19.4 Å². The van der Waals surface area contributed by atoms with E-state index in [0.717, 1.165) is 0 Å². The molecule has 0 aliphatic carbocycles. The van der Waals surface area contributed by atoms with E-state index in [2.05, 4.69) is 47.4 Å². The molecular formula is C11H14N2S. The quantitative estimate of drug-likeness (QED) is 0.691. The van der Waals surface area contributed by atoms with Gasteiger partial charge in [-0.2, -0.15) is 0 Å². The van der Waals surface area contributed by atoms with Crippen molar-refractivity contribution in [3.63, 3.8) is 0 Å². The molecule has 0 radical (unpaired) electrons. The maximum absolute atomic E-state index is 4.26. The highest BCUT2D eigenvalue weighted by Crippen LogP contribution is 2.37. The van der Waals surface area contributed by atoms with E-state index in [-0.39, 0.29) is 0 Å². The fraction of sp³-hybridized carbons (Fsp3) is 0.364. The second-order valence-electron chi connectivity index (χ2n) is 3.63. The van der Waals surface area contributed by atoms with Crippen LogP contribution >= 0.6 is 11.9 Å². The third-order valence-electron chi connectivity index (χ3n) is 2.29. The largest absolute Gasteiger partial charge is 0.342 e. The summed E-state index contributed by atoms with van der Waals surface area (Å²) in [5, 5.41) is 0.358. The predicted molar refractivity (Wildman–Crippen MR) is 62.2 cm³/mol. The maximum Gasteiger partial charge on any atom is 0.123 e. The number of nitrogens with zero attached hydrogens (tertiary/aromatic N) is 2. The third-order valence-corrected chi connectivity index (χ3v) is 3.22. The molecule has 0 saturated heterocycles. The van der Waals surface area contributed by atoms with E-state index in [1.807, 2.05) is 12.4 Å². The van der Waals surface area contributed by atoms with Crippen molar-refractivity contribution in [1.82, 2.24) is 4.90 Å². The van der Waals surface area contributed by atoms with Crippen LogP contribution in [0.3, 0.4) is 0 Å². The fourth-order valence-electron chi connectivity index (χ4n) is 1.51. The van der Waals surface area contributed by atoms with Crippen molar-refractivity contribution < 1.29 is 0 Å². The molecule has 0 aromatic heterocycles. The van der Waals surface area contributed by atoms with Crippen LogP contribution in [0.4, 0.5) is 0 Å². The van der Waals surface area contributed by atoms with Crippen molar-refractivity contribution in [3.05, 3.63) is 35.9 Å². The minimum atomic E-state index is 0.358. The lowest BCUT2D eigenvalue weighted by Crippen LogP contribution is -2.28. The molecule has 1 atom stereocenters. The van der Waals surface area contributed by atoms with Crippen molar-refractivity contribution >= 4 is 18.3 Å². The Balaban J connectivity index is 2.20. The van der Waals surface area contributed by atoms with Gasteiger partial charge in [-0.3, -0.25) is 0 Å². The zero-order chi connectivity index (χ0) is 9.97. The SMILES string of the molecule is CC(C)N1C=NSC1c1ccccc1. The summed E-state index contributed by atoms with van der Waals surface area (Å²) in [6.45, 7) is 4.38. The average molecular weight is 206 g/mol. The first-order valence-corrected chi connectivity index (χ1v) is 5.64. The highest BCUT2D eigenvalue weighted by atomic mass is 32.2. The van der Waals surface area contributed by atoms with Gasteiger partial charge < -0.3 is 4.90 Å². The van der Waals surface area contributed by atoms with Gasteiger partial charge in [0.2, 0.25) is 0 Å². The van der Waals surface area contributed by atoms with Crippen LogP contribution in [0.15, 0.2) is 34.7 Å². The summed E-state index contributed by atoms with van der Waals surface area (Å²) >= 11 is 1.63.